The first-order valence-electron chi connectivity index (χ1n) is 9.81. The van der Waals surface area contributed by atoms with Crippen molar-refractivity contribution in [2.45, 2.75) is 12.5 Å². The van der Waals surface area contributed by atoms with Gasteiger partial charge in [0.25, 0.3) is 11.7 Å². The number of benzene rings is 2. The quantitative estimate of drug-likeness (QED) is 0.317. The number of nitrogens with zero attached hydrogens (tertiary/aromatic N) is 1. The van der Waals surface area contributed by atoms with Gasteiger partial charge in [-0.2, -0.15) is 0 Å². The summed E-state index contributed by atoms with van der Waals surface area (Å²) in [5.41, 5.74) is 0.961. The summed E-state index contributed by atoms with van der Waals surface area (Å²) in [7, 11) is 1.42. The van der Waals surface area contributed by atoms with Crippen molar-refractivity contribution in [2.75, 3.05) is 12.0 Å². The molecule has 1 aliphatic heterocycles. The highest BCUT2D eigenvalue weighted by Crippen LogP contribution is 2.43. The molecule has 2 heterocycles. The number of carboxylic acid groups (broad SMARTS) is 1. The predicted molar refractivity (Wildman–Crippen MR) is 119 cm³/mol. The van der Waals surface area contributed by atoms with Crippen molar-refractivity contribution in [1.82, 2.24) is 0 Å². The largest absolute Gasteiger partial charge is 0.507 e. The lowest BCUT2D eigenvalue weighted by Crippen LogP contribution is -2.29. The number of amides is 1. The van der Waals surface area contributed by atoms with Gasteiger partial charge < -0.3 is 19.4 Å². The first-order chi connectivity index (χ1) is 15.8. The fourth-order valence-electron chi connectivity index (χ4n) is 3.73. The van der Waals surface area contributed by atoms with Gasteiger partial charge in [0.15, 0.2) is 0 Å². The normalized spacial score (nSPS) is 17.4. The van der Waals surface area contributed by atoms with E-state index in [4.69, 9.17) is 25.9 Å². The van der Waals surface area contributed by atoms with Gasteiger partial charge in [-0.15, -0.1) is 0 Å². The van der Waals surface area contributed by atoms with E-state index in [9.17, 15) is 19.5 Å². The number of halogens is 1. The van der Waals surface area contributed by atoms with Crippen molar-refractivity contribution in [3.63, 3.8) is 0 Å². The minimum atomic E-state index is -1.04. The Labute approximate surface area is 193 Å². The lowest BCUT2D eigenvalue weighted by atomic mass is 9.99. The summed E-state index contributed by atoms with van der Waals surface area (Å²) in [6.45, 7) is 0. The Kier molecular flexibility index (Phi) is 5.93. The van der Waals surface area contributed by atoms with Crippen LogP contribution in [0.4, 0.5) is 5.69 Å². The van der Waals surface area contributed by atoms with Crippen molar-refractivity contribution in [2.24, 2.45) is 0 Å². The van der Waals surface area contributed by atoms with Crippen molar-refractivity contribution < 1.29 is 33.8 Å². The minimum absolute atomic E-state index is 0.158. The lowest BCUT2D eigenvalue weighted by molar-refractivity contribution is -0.136. The Morgan fingerprint density at radius 3 is 2.45 bits per heavy atom. The van der Waals surface area contributed by atoms with Crippen LogP contribution >= 0.6 is 11.6 Å². The lowest BCUT2D eigenvalue weighted by Gasteiger charge is -2.23. The Balaban J connectivity index is 1.85. The molecule has 4 rings (SSSR count). The van der Waals surface area contributed by atoms with Crippen LogP contribution in [-0.4, -0.2) is 35.0 Å². The van der Waals surface area contributed by atoms with Crippen molar-refractivity contribution in [3.05, 3.63) is 88.3 Å². The number of methoxy groups -OCH3 is 1. The average molecular weight is 468 g/mol. The number of aliphatic hydroxyl groups is 1. The summed E-state index contributed by atoms with van der Waals surface area (Å²) in [5, 5.41) is 20.4. The third-order valence-electron chi connectivity index (χ3n) is 5.25. The highest BCUT2D eigenvalue weighted by molar-refractivity contribution is 6.51. The number of carbonyl (C=O) groups excluding carboxylic acids is 2. The highest BCUT2D eigenvalue weighted by Gasteiger charge is 2.48. The molecule has 1 atom stereocenters. The molecular formula is C24H18ClNO7. The maximum absolute atomic E-state index is 13.1. The van der Waals surface area contributed by atoms with E-state index in [1.165, 1.54) is 36.5 Å². The topological polar surface area (TPSA) is 117 Å². The third kappa shape index (κ3) is 4.08. The van der Waals surface area contributed by atoms with Crippen molar-refractivity contribution in [1.29, 1.82) is 0 Å². The van der Waals surface area contributed by atoms with Crippen LogP contribution in [0.1, 0.15) is 22.9 Å². The number of aliphatic carboxylic acids is 1. The number of Topliss-reactive ketones (excluding diaryl/α,β-unsaturated/α-hetero) is 1. The summed E-state index contributed by atoms with van der Waals surface area (Å²) in [5.74, 6) is -2.58. The number of aliphatic hydroxyl groups excluding tert-OH is 1. The molecule has 0 radical (unpaired) electrons. The fourth-order valence-corrected chi connectivity index (χ4v) is 3.92. The number of carboxylic acids is 1. The summed E-state index contributed by atoms with van der Waals surface area (Å²) in [4.78, 5) is 38.3. The van der Waals surface area contributed by atoms with Crippen LogP contribution in [0.25, 0.3) is 5.76 Å². The molecule has 0 spiro atoms. The maximum Gasteiger partial charge on any atom is 0.307 e. The molecule has 168 valence electrons. The number of hydrogen-bond donors (Lipinski definition) is 2. The Morgan fingerprint density at radius 2 is 1.85 bits per heavy atom. The van der Waals surface area contributed by atoms with E-state index in [2.05, 4.69) is 0 Å². The van der Waals surface area contributed by atoms with Crippen molar-refractivity contribution in [3.8, 4) is 5.75 Å². The standard InChI is InChI=1S/C24H18ClNO7/c1-32-18-12-14(6-9-16(18)25)22(29)20-21(17-3-2-10-33-17)26(24(31)23(20)30)15-7-4-13(5-8-15)11-19(27)28/h2-10,12,21,29H,11H2,1H3,(H,27,28)/b22-20-. The number of furan rings is 1. The number of anilines is 1. The predicted octanol–water partition coefficient (Wildman–Crippen LogP) is 4.20. The molecule has 2 aromatic carbocycles. The minimum Gasteiger partial charge on any atom is -0.507 e. The first-order valence-corrected chi connectivity index (χ1v) is 10.2. The van der Waals surface area contributed by atoms with Crippen molar-refractivity contribution >= 4 is 40.7 Å². The van der Waals surface area contributed by atoms with Crippen LogP contribution in [0.5, 0.6) is 5.75 Å². The second kappa shape index (κ2) is 8.84. The Morgan fingerprint density at radius 1 is 1.12 bits per heavy atom. The second-order valence-electron chi connectivity index (χ2n) is 7.27. The van der Waals surface area contributed by atoms with Gasteiger partial charge in [-0.3, -0.25) is 19.3 Å². The van der Waals surface area contributed by atoms with E-state index in [0.29, 0.717) is 22.0 Å². The molecule has 0 bridgehead atoms. The van der Waals surface area contributed by atoms with Gasteiger partial charge >= 0.3 is 5.97 Å². The molecule has 3 aromatic rings. The van der Waals surface area contributed by atoms with E-state index in [1.807, 2.05) is 0 Å². The summed E-state index contributed by atoms with van der Waals surface area (Å²) in [6.07, 6.45) is 1.22. The van der Waals surface area contributed by atoms with Crippen LogP contribution in [0, 0.1) is 0 Å². The number of carbonyl (C=O) groups is 3. The van der Waals surface area contributed by atoms with E-state index >= 15 is 0 Å². The van der Waals surface area contributed by atoms with E-state index in [0.717, 1.165) is 0 Å². The van der Waals surface area contributed by atoms with E-state index < -0.39 is 29.5 Å². The summed E-state index contributed by atoms with van der Waals surface area (Å²) < 4.78 is 10.7. The average Bonchev–Trinajstić information content (AvgIpc) is 3.41. The Bertz CT molecular complexity index is 1260. The third-order valence-corrected chi connectivity index (χ3v) is 5.56. The van der Waals surface area contributed by atoms with Gasteiger partial charge in [-0.25, -0.2) is 0 Å². The van der Waals surface area contributed by atoms with E-state index in [-0.39, 0.29) is 23.3 Å². The fraction of sp³-hybridized carbons (Fsp3) is 0.125. The maximum atomic E-state index is 13.1. The molecule has 0 aliphatic carbocycles. The summed E-state index contributed by atoms with van der Waals surface area (Å²) >= 11 is 6.07. The van der Waals surface area contributed by atoms with Crippen LogP contribution in [0.2, 0.25) is 5.02 Å². The molecule has 1 aliphatic rings. The number of ether oxygens (including phenoxy) is 1. The second-order valence-corrected chi connectivity index (χ2v) is 7.68. The molecule has 33 heavy (non-hydrogen) atoms. The van der Waals surface area contributed by atoms with Gasteiger partial charge in [0.1, 0.15) is 23.3 Å². The molecule has 1 fully saturated rings. The number of rotatable bonds is 6. The Hall–Kier alpha value is -4.04. The smallest absolute Gasteiger partial charge is 0.307 e. The van der Waals surface area contributed by atoms with Gasteiger partial charge in [0.05, 0.1) is 30.4 Å². The summed E-state index contributed by atoms with van der Waals surface area (Å²) in [6, 6.07) is 12.9. The molecule has 9 heteroatoms. The zero-order valence-corrected chi connectivity index (χ0v) is 18.1. The molecule has 2 N–H and O–H groups in total. The van der Waals surface area contributed by atoms with Gasteiger partial charge in [-0.1, -0.05) is 23.7 Å². The first kappa shape index (κ1) is 22.2. The van der Waals surface area contributed by atoms with E-state index in [1.54, 1.807) is 36.4 Å². The van der Waals surface area contributed by atoms with Gasteiger partial charge in [-0.05, 0) is 48.0 Å². The molecule has 1 aromatic heterocycles. The SMILES string of the molecule is COc1cc(/C(O)=C2/C(=O)C(=O)N(c3ccc(CC(=O)O)cc3)C2c2ccco2)ccc1Cl. The molecule has 8 nitrogen and oxygen atoms in total. The number of hydrogen-bond acceptors (Lipinski definition) is 6. The van der Waals surface area contributed by atoms with Crippen LogP contribution in [0.15, 0.2) is 70.9 Å². The number of ketones is 1. The zero-order chi connectivity index (χ0) is 23.7. The molecular weight excluding hydrogens is 450 g/mol. The molecule has 1 amide bonds. The molecule has 1 unspecified atom stereocenters. The van der Waals surface area contributed by atoms with Crippen LogP contribution in [-0.2, 0) is 20.8 Å². The highest BCUT2D eigenvalue weighted by atomic mass is 35.5. The molecule has 1 saturated heterocycles. The van der Waals surface area contributed by atoms with Crippen LogP contribution < -0.4 is 9.64 Å². The zero-order valence-electron chi connectivity index (χ0n) is 17.3. The molecule has 0 saturated carbocycles. The van der Waals surface area contributed by atoms with Crippen LogP contribution in [0.3, 0.4) is 0 Å². The van der Waals surface area contributed by atoms with Gasteiger partial charge in [0, 0.05) is 11.3 Å². The monoisotopic (exact) mass is 467 g/mol. The van der Waals surface area contributed by atoms with Gasteiger partial charge in [0.2, 0.25) is 0 Å².